The van der Waals surface area contributed by atoms with Crippen LogP contribution >= 0.6 is 11.6 Å². The maximum Gasteiger partial charge on any atom is 0.214 e. The molecule has 1 aliphatic rings. The monoisotopic (exact) mass is 411 g/mol. The highest BCUT2D eigenvalue weighted by atomic mass is 35.5. The smallest absolute Gasteiger partial charge is 0.214 e. The lowest BCUT2D eigenvalue weighted by Crippen LogP contribution is -3.15. The Labute approximate surface area is 177 Å². The van der Waals surface area contributed by atoms with Crippen molar-refractivity contribution >= 4 is 17.3 Å². The lowest BCUT2D eigenvalue weighted by molar-refractivity contribution is -0.927. The molecule has 4 rings (SSSR count). The third kappa shape index (κ3) is 4.14. The SMILES string of the molecule is CC(C)(C)n1nnnc1[C@@H](c1ccccc1Cl)[NH+]1CCN(c2ccccc2)CC1. The first-order valence-electron chi connectivity index (χ1n) is 10.1. The summed E-state index contributed by atoms with van der Waals surface area (Å²) in [5, 5.41) is 13.6. The number of anilines is 1. The fourth-order valence-corrected chi connectivity index (χ4v) is 4.33. The number of nitrogens with zero attached hydrogens (tertiary/aromatic N) is 5. The van der Waals surface area contributed by atoms with Crippen LogP contribution in [0.25, 0.3) is 0 Å². The normalized spacial score (nSPS) is 16.8. The van der Waals surface area contributed by atoms with Gasteiger partial charge in [0.15, 0.2) is 6.04 Å². The molecule has 0 bridgehead atoms. The Morgan fingerprint density at radius 1 is 0.966 bits per heavy atom. The third-order valence-electron chi connectivity index (χ3n) is 5.54. The van der Waals surface area contributed by atoms with Crippen LogP contribution < -0.4 is 9.80 Å². The van der Waals surface area contributed by atoms with Crippen LogP contribution in [0.1, 0.15) is 38.2 Å². The van der Waals surface area contributed by atoms with Gasteiger partial charge in [0, 0.05) is 11.3 Å². The van der Waals surface area contributed by atoms with E-state index in [-0.39, 0.29) is 11.6 Å². The maximum atomic E-state index is 6.64. The molecule has 3 aromatic rings. The van der Waals surface area contributed by atoms with Crippen molar-refractivity contribution in [3.05, 3.63) is 71.0 Å². The Hall–Kier alpha value is -2.44. The number of nitrogens with one attached hydrogen (secondary N) is 1. The van der Waals surface area contributed by atoms with Crippen LogP contribution in [0, 0.1) is 0 Å². The van der Waals surface area contributed by atoms with Gasteiger partial charge in [0.05, 0.1) is 36.7 Å². The molecule has 2 aromatic carbocycles. The second-order valence-corrected chi connectivity index (χ2v) is 8.96. The van der Waals surface area contributed by atoms with E-state index in [1.54, 1.807) is 0 Å². The van der Waals surface area contributed by atoms with Gasteiger partial charge in [-0.1, -0.05) is 48.0 Å². The number of hydrogen-bond acceptors (Lipinski definition) is 4. The van der Waals surface area contributed by atoms with Crippen LogP contribution in [-0.4, -0.2) is 46.4 Å². The molecule has 1 fully saturated rings. The lowest BCUT2D eigenvalue weighted by atomic mass is 10.0. The number of halogens is 1. The van der Waals surface area contributed by atoms with Crippen molar-refractivity contribution in [2.75, 3.05) is 31.1 Å². The minimum Gasteiger partial charge on any atom is -0.360 e. The van der Waals surface area contributed by atoms with Gasteiger partial charge in [-0.05, 0) is 49.4 Å². The van der Waals surface area contributed by atoms with Crippen LogP contribution in [0.5, 0.6) is 0 Å². The third-order valence-corrected chi connectivity index (χ3v) is 5.88. The molecule has 152 valence electrons. The molecule has 0 spiro atoms. The van der Waals surface area contributed by atoms with Gasteiger partial charge in [-0.2, -0.15) is 0 Å². The van der Waals surface area contributed by atoms with Crippen LogP contribution in [0.4, 0.5) is 5.69 Å². The van der Waals surface area contributed by atoms with E-state index in [9.17, 15) is 0 Å². The molecule has 1 saturated heterocycles. The predicted octanol–water partition coefficient (Wildman–Crippen LogP) is 2.58. The van der Waals surface area contributed by atoms with Crippen LogP contribution in [0.15, 0.2) is 54.6 Å². The summed E-state index contributed by atoms with van der Waals surface area (Å²) in [4.78, 5) is 3.88. The predicted molar refractivity (Wildman–Crippen MR) is 115 cm³/mol. The first-order valence-corrected chi connectivity index (χ1v) is 10.5. The summed E-state index contributed by atoms with van der Waals surface area (Å²) in [6.07, 6.45) is 0. The summed E-state index contributed by atoms with van der Waals surface area (Å²) in [6, 6.07) is 18.7. The molecule has 6 nitrogen and oxygen atoms in total. The summed E-state index contributed by atoms with van der Waals surface area (Å²) in [7, 11) is 0. The zero-order valence-electron chi connectivity index (χ0n) is 17.2. The van der Waals surface area contributed by atoms with Gasteiger partial charge in [-0.25, -0.2) is 4.68 Å². The Balaban J connectivity index is 1.66. The first kappa shape index (κ1) is 19.9. The molecule has 1 aliphatic heterocycles. The van der Waals surface area contributed by atoms with Crippen molar-refractivity contribution in [1.29, 1.82) is 0 Å². The lowest BCUT2D eigenvalue weighted by Gasteiger charge is -2.38. The van der Waals surface area contributed by atoms with E-state index < -0.39 is 0 Å². The first-order chi connectivity index (χ1) is 13.9. The summed E-state index contributed by atoms with van der Waals surface area (Å²) in [5.41, 5.74) is 2.15. The summed E-state index contributed by atoms with van der Waals surface area (Å²) in [5.74, 6) is 0.869. The van der Waals surface area contributed by atoms with Gasteiger partial charge in [0.1, 0.15) is 0 Å². The van der Waals surface area contributed by atoms with Crippen LogP contribution in [-0.2, 0) is 5.54 Å². The van der Waals surface area contributed by atoms with E-state index in [0.29, 0.717) is 0 Å². The summed E-state index contributed by atoms with van der Waals surface area (Å²) >= 11 is 6.64. The largest absolute Gasteiger partial charge is 0.360 e. The fourth-order valence-electron chi connectivity index (χ4n) is 4.08. The van der Waals surface area contributed by atoms with E-state index in [1.165, 1.54) is 10.6 Å². The van der Waals surface area contributed by atoms with Gasteiger partial charge < -0.3 is 9.80 Å². The Bertz CT molecular complexity index is 941. The minimum atomic E-state index is -0.205. The molecule has 0 amide bonds. The van der Waals surface area contributed by atoms with E-state index in [1.807, 2.05) is 22.9 Å². The van der Waals surface area contributed by atoms with Gasteiger partial charge in [-0.15, -0.1) is 5.10 Å². The Morgan fingerprint density at radius 3 is 2.28 bits per heavy atom. The van der Waals surface area contributed by atoms with Crippen molar-refractivity contribution in [3.63, 3.8) is 0 Å². The van der Waals surface area contributed by atoms with Gasteiger partial charge >= 0.3 is 0 Å². The second kappa shape index (κ2) is 8.13. The van der Waals surface area contributed by atoms with E-state index >= 15 is 0 Å². The van der Waals surface area contributed by atoms with Crippen LogP contribution in [0.2, 0.25) is 5.02 Å². The molecular weight excluding hydrogens is 384 g/mol. The minimum absolute atomic E-state index is 0.00384. The van der Waals surface area contributed by atoms with E-state index in [0.717, 1.165) is 42.6 Å². The standard InChI is InChI=1S/C22H27ClN6/c1-22(2,3)29-21(24-25-26-29)20(18-11-7-8-12-19(18)23)28-15-13-27(14-16-28)17-9-5-4-6-10-17/h4-12,20H,13-16H2,1-3H3/p+1/t20-/m1/s1. The topological polar surface area (TPSA) is 51.3 Å². The van der Waals surface area contributed by atoms with Gasteiger partial charge in [0.2, 0.25) is 5.82 Å². The number of aromatic nitrogens is 4. The average molecular weight is 412 g/mol. The van der Waals surface area contributed by atoms with Gasteiger partial charge in [-0.3, -0.25) is 0 Å². The highest BCUT2D eigenvalue weighted by Crippen LogP contribution is 2.27. The Morgan fingerprint density at radius 2 is 1.62 bits per heavy atom. The van der Waals surface area contributed by atoms with Crippen molar-refractivity contribution in [2.45, 2.75) is 32.4 Å². The second-order valence-electron chi connectivity index (χ2n) is 8.56. The molecule has 0 unspecified atom stereocenters. The molecule has 2 heterocycles. The van der Waals surface area contributed by atoms with Gasteiger partial charge in [0.25, 0.3) is 0 Å². The molecular formula is C22H28ClN6+. The number of quaternary nitrogens is 1. The molecule has 1 aromatic heterocycles. The van der Waals surface area contributed by atoms with E-state index in [2.05, 4.69) is 77.6 Å². The molecule has 0 radical (unpaired) electrons. The number of hydrogen-bond donors (Lipinski definition) is 1. The molecule has 0 saturated carbocycles. The van der Waals surface area contributed by atoms with Crippen LogP contribution in [0.3, 0.4) is 0 Å². The fraction of sp³-hybridized carbons (Fsp3) is 0.409. The molecule has 1 atom stereocenters. The quantitative estimate of drug-likeness (QED) is 0.717. The summed E-state index contributed by atoms with van der Waals surface area (Å²) < 4.78 is 1.94. The Kier molecular flexibility index (Phi) is 5.56. The highest BCUT2D eigenvalue weighted by Gasteiger charge is 2.37. The maximum absolute atomic E-state index is 6.64. The molecule has 1 N–H and O–H groups in total. The number of tetrazole rings is 1. The molecule has 7 heteroatoms. The number of rotatable bonds is 4. The molecule has 29 heavy (non-hydrogen) atoms. The summed E-state index contributed by atoms with van der Waals surface area (Å²) in [6.45, 7) is 10.3. The molecule has 0 aliphatic carbocycles. The number of piperazine rings is 1. The highest BCUT2D eigenvalue weighted by molar-refractivity contribution is 6.31. The van der Waals surface area contributed by atoms with E-state index in [4.69, 9.17) is 11.6 Å². The number of para-hydroxylation sites is 1. The van der Waals surface area contributed by atoms with Crippen molar-refractivity contribution in [1.82, 2.24) is 20.2 Å². The zero-order valence-corrected chi connectivity index (χ0v) is 18.0. The van der Waals surface area contributed by atoms with Crippen molar-refractivity contribution < 1.29 is 4.90 Å². The average Bonchev–Trinajstić information content (AvgIpc) is 3.21. The van der Waals surface area contributed by atoms with Crippen molar-refractivity contribution in [3.8, 4) is 0 Å². The van der Waals surface area contributed by atoms with Crippen molar-refractivity contribution in [2.24, 2.45) is 0 Å². The number of benzene rings is 2. The zero-order chi connectivity index (χ0) is 20.4.